The minimum atomic E-state index is -0.228. The second-order valence-electron chi connectivity index (χ2n) is 3.99. The van der Waals surface area contributed by atoms with E-state index in [2.05, 4.69) is 15.2 Å². The fourth-order valence-corrected chi connectivity index (χ4v) is 2.38. The molecule has 0 bridgehead atoms. The number of halogens is 1. The van der Waals surface area contributed by atoms with Gasteiger partial charge in [0.25, 0.3) is 5.22 Å². The van der Waals surface area contributed by atoms with E-state index in [0.29, 0.717) is 22.4 Å². The Morgan fingerprint density at radius 1 is 1.05 bits per heavy atom. The zero-order chi connectivity index (χ0) is 13.8. The Balaban J connectivity index is 1.71. The molecule has 2 aromatic heterocycles. The zero-order valence-electron chi connectivity index (χ0n) is 10.4. The van der Waals surface area contributed by atoms with Crippen molar-refractivity contribution < 1.29 is 8.81 Å². The number of thioether (sulfide) groups is 1. The molecule has 0 radical (unpaired) electrons. The number of hydrogen-bond donors (Lipinski definition) is 0. The summed E-state index contributed by atoms with van der Waals surface area (Å²) >= 11 is 1.31. The number of aromatic nitrogens is 3. The lowest BCUT2D eigenvalue weighted by atomic mass is 10.2. The maximum absolute atomic E-state index is 13.5. The lowest BCUT2D eigenvalue weighted by Crippen LogP contribution is -1.86. The van der Waals surface area contributed by atoms with Gasteiger partial charge < -0.3 is 4.42 Å². The van der Waals surface area contributed by atoms with Gasteiger partial charge in [0, 0.05) is 23.7 Å². The first kappa shape index (κ1) is 12.8. The molecule has 100 valence electrons. The molecule has 0 unspecified atom stereocenters. The van der Waals surface area contributed by atoms with E-state index in [4.69, 9.17) is 4.42 Å². The summed E-state index contributed by atoms with van der Waals surface area (Å²) in [4.78, 5) is 3.93. The van der Waals surface area contributed by atoms with Gasteiger partial charge in [-0.2, -0.15) is 0 Å². The second kappa shape index (κ2) is 5.83. The first-order chi connectivity index (χ1) is 9.83. The molecule has 0 amide bonds. The largest absolute Gasteiger partial charge is 0.411 e. The van der Waals surface area contributed by atoms with Crippen LogP contribution in [-0.4, -0.2) is 15.2 Å². The lowest BCUT2D eigenvalue weighted by molar-refractivity contribution is 0.465. The van der Waals surface area contributed by atoms with Crippen molar-refractivity contribution in [1.82, 2.24) is 15.2 Å². The van der Waals surface area contributed by atoms with Crippen molar-refractivity contribution in [2.75, 3.05) is 0 Å². The highest BCUT2D eigenvalue weighted by Gasteiger charge is 2.10. The summed E-state index contributed by atoms with van der Waals surface area (Å²) < 4.78 is 19.0. The fourth-order valence-electron chi connectivity index (χ4n) is 1.63. The van der Waals surface area contributed by atoms with Gasteiger partial charge in [-0.05, 0) is 23.8 Å². The molecule has 0 aliphatic rings. The minimum Gasteiger partial charge on any atom is -0.411 e. The number of benzene rings is 1. The van der Waals surface area contributed by atoms with Gasteiger partial charge in [0.1, 0.15) is 5.82 Å². The summed E-state index contributed by atoms with van der Waals surface area (Å²) in [5.74, 6) is 0.655. The van der Waals surface area contributed by atoms with Crippen LogP contribution in [0, 0.1) is 5.82 Å². The van der Waals surface area contributed by atoms with Crippen LogP contribution in [-0.2, 0) is 5.75 Å². The number of hydrogen-bond acceptors (Lipinski definition) is 5. The average molecular weight is 287 g/mol. The van der Waals surface area contributed by atoms with Gasteiger partial charge in [-0.25, -0.2) is 4.39 Å². The maximum atomic E-state index is 13.5. The van der Waals surface area contributed by atoms with Crippen LogP contribution in [0.1, 0.15) is 5.56 Å². The van der Waals surface area contributed by atoms with Crippen LogP contribution in [0.3, 0.4) is 0 Å². The number of pyridine rings is 1. The fraction of sp³-hybridized carbons (Fsp3) is 0.0714. The zero-order valence-corrected chi connectivity index (χ0v) is 11.2. The predicted octanol–water partition coefficient (Wildman–Crippen LogP) is 3.56. The van der Waals surface area contributed by atoms with Crippen LogP contribution < -0.4 is 0 Å². The molecule has 0 spiro atoms. The van der Waals surface area contributed by atoms with Gasteiger partial charge in [0.2, 0.25) is 5.89 Å². The van der Waals surface area contributed by atoms with Gasteiger partial charge >= 0.3 is 0 Å². The van der Waals surface area contributed by atoms with Gasteiger partial charge in [-0.3, -0.25) is 4.98 Å². The Morgan fingerprint density at radius 3 is 2.65 bits per heavy atom. The van der Waals surface area contributed by atoms with E-state index in [9.17, 15) is 4.39 Å². The van der Waals surface area contributed by atoms with Crippen LogP contribution in [0.4, 0.5) is 4.39 Å². The van der Waals surface area contributed by atoms with E-state index in [1.165, 1.54) is 17.8 Å². The SMILES string of the molecule is Fc1ccccc1CSc1nnc(-c2ccncc2)o1. The van der Waals surface area contributed by atoms with Gasteiger partial charge in [0.05, 0.1) is 0 Å². The monoisotopic (exact) mass is 287 g/mol. The molecule has 0 N–H and O–H groups in total. The summed E-state index contributed by atoms with van der Waals surface area (Å²) in [7, 11) is 0. The molecule has 6 heteroatoms. The Labute approximate surface area is 119 Å². The topological polar surface area (TPSA) is 51.8 Å². The summed E-state index contributed by atoms with van der Waals surface area (Å²) in [6, 6.07) is 10.2. The Hall–Kier alpha value is -2.21. The maximum Gasteiger partial charge on any atom is 0.277 e. The standard InChI is InChI=1S/C14H10FN3OS/c15-12-4-2-1-3-11(12)9-20-14-18-17-13(19-14)10-5-7-16-8-6-10/h1-8H,9H2. The van der Waals surface area contributed by atoms with E-state index in [0.717, 1.165) is 5.56 Å². The highest BCUT2D eigenvalue weighted by molar-refractivity contribution is 7.98. The Kier molecular flexibility index (Phi) is 3.73. The third-order valence-electron chi connectivity index (χ3n) is 2.64. The third kappa shape index (κ3) is 2.85. The van der Waals surface area contributed by atoms with Crippen molar-refractivity contribution in [2.45, 2.75) is 11.0 Å². The van der Waals surface area contributed by atoms with Crippen molar-refractivity contribution in [3.63, 3.8) is 0 Å². The van der Waals surface area contributed by atoms with Crippen LogP contribution in [0.2, 0.25) is 0 Å². The van der Waals surface area contributed by atoms with Crippen LogP contribution in [0.25, 0.3) is 11.5 Å². The quantitative estimate of drug-likeness (QED) is 0.687. The molecule has 4 nitrogen and oxygen atoms in total. The summed E-state index contributed by atoms with van der Waals surface area (Å²) in [5, 5.41) is 8.32. The first-order valence-corrected chi connectivity index (χ1v) is 6.91. The number of nitrogens with zero attached hydrogens (tertiary/aromatic N) is 3. The molecule has 0 saturated heterocycles. The predicted molar refractivity (Wildman–Crippen MR) is 73.5 cm³/mol. The lowest BCUT2D eigenvalue weighted by Gasteiger charge is -1.99. The molecule has 0 saturated carbocycles. The summed E-state index contributed by atoms with van der Waals surface area (Å²) in [6.07, 6.45) is 3.32. The normalized spacial score (nSPS) is 10.7. The molecular formula is C14H10FN3OS. The molecule has 3 rings (SSSR count). The van der Waals surface area contributed by atoms with Crippen LogP contribution >= 0.6 is 11.8 Å². The number of rotatable bonds is 4. The Morgan fingerprint density at radius 2 is 1.85 bits per heavy atom. The van der Waals surface area contributed by atoms with E-state index < -0.39 is 0 Å². The van der Waals surface area contributed by atoms with E-state index in [1.54, 1.807) is 42.7 Å². The van der Waals surface area contributed by atoms with Gasteiger partial charge in [-0.15, -0.1) is 10.2 Å². The summed E-state index contributed by atoms with van der Waals surface area (Å²) in [6.45, 7) is 0. The van der Waals surface area contributed by atoms with Gasteiger partial charge in [0.15, 0.2) is 0 Å². The minimum absolute atomic E-state index is 0.228. The van der Waals surface area contributed by atoms with Crippen LogP contribution in [0.5, 0.6) is 0 Å². The van der Waals surface area contributed by atoms with Crippen molar-refractivity contribution in [3.8, 4) is 11.5 Å². The third-order valence-corrected chi connectivity index (χ3v) is 3.51. The highest BCUT2D eigenvalue weighted by atomic mass is 32.2. The summed E-state index contributed by atoms with van der Waals surface area (Å²) in [5.41, 5.74) is 1.42. The molecule has 20 heavy (non-hydrogen) atoms. The average Bonchev–Trinajstić information content (AvgIpc) is 2.96. The van der Waals surface area contributed by atoms with Crippen molar-refractivity contribution in [1.29, 1.82) is 0 Å². The second-order valence-corrected chi connectivity index (χ2v) is 4.92. The molecule has 0 fully saturated rings. The van der Waals surface area contributed by atoms with Crippen molar-refractivity contribution >= 4 is 11.8 Å². The molecule has 3 aromatic rings. The first-order valence-electron chi connectivity index (χ1n) is 5.93. The molecule has 0 aliphatic heterocycles. The van der Waals surface area contributed by atoms with Crippen molar-refractivity contribution in [2.24, 2.45) is 0 Å². The van der Waals surface area contributed by atoms with E-state index in [1.807, 2.05) is 0 Å². The van der Waals surface area contributed by atoms with E-state index in [-0.39, 0.29) is 5.82 Å². The molecule has 2 heterocycles. The van der Waals surface area contributed by atoms with Gasteiger partial charge in [-0.1, -0.05) is 30.0 Å². The highest BCUT2D eigenvalue weighted by Crippen LogP contribution is 2.26. The van der Waals surface area contributed by atoms with Crippen molar-refractivity contribution in [3.05, 3.63) is 60.2 Å². The molecule has 0 aliphatic carbocycles. The molecule has 0 atom stereocenters. The van der Waals surface area contributed by atoms with Crippen LogP contribution in [0.15, 0.2) is 58.4 Å². The van der Waals surface area contributed by atoms with E-state index >= 15 is 0 Å². The Bertz CT molecular complexity index is 702. The molecule has 1 aromatic carbocycles. The smallest absolute Gasteiger partial charge is 0.277 e. The molecular weight excluding hydrogens is 277 g/mol.